The second-order valence-corrected chi connectivity index (χ2v) is 4.83. The predicted octanol–water partition coefficient (Wildman–Crippen LogP) is 4.23. The lowest BCUT2D eigenvalue weighted by Crippen LogP contribution is -2.09. The maximum atomic E-state index is 11.9. The Hall–Kier alpha value is -1.11. The fraction of sp³-hybridized carbons (Fsp3) is 0.533. The van der Waals surface area contributed by atoms with Crippen molar-refractivity contribution in [1.29, 1.82) is 0 Å². The lowest BCUT2D eigenvalue weighted by Gasteiger charge is -2.20. The molecule has 1 nitrogen and oxygen atoms in total. The van der Waals surface area contributed by atoms with Gasteiger partial charge in [-0.3, -0.25) is 4.79 Å². The number of rotatable bonds is 4. The van der Waals surface area contributed by atoms with Gasteiger partial charge in [-0.25, -0.2) is 0 Å². The molecule has 0 aliphatic heterocycles. The van der Waals surface area contributed by atoms with Crippen molar-refractivity contribution in [2.45, 2.75) is 44.9 Å². The normalized spacial score (nSPS) is 17.2. The van der Waals surface area contributed by atoms with Crippen LogP contribution < -0.4 is 0 Å². The molecule has 86 valence electrons. The van der Waals surface area contributed by atoms with Crippen LogP contribution in [0, 0.1) is 5.92 Å². The van der Waals surface area contributed by atoms with E-state index in [1.807, 2.05) is 30.3 Å². The smallest absolute Gasteiger partial charge is 0.162 e. The SMILES string of the molecule is O=C(CCC1CCCCC1)c1ccccc1. The van der Waals surface area contributed by atoms with E-state index >= 15 is 0 Å². The van der Waals surface area contributed by atoms with E-state index in [2.05, 4.69) is 0 Å². The molecule has 0 radical (unpaired) electrons. The average Bonchev–Trinajstić information content (AvgIpc) is 2.38. The van der Waals surface area contributed by atoms with Gasteiger partial charge in [0.2, 0.25) is 0 Å². The zero-order valence-corrected chi connectivity index (χ0v) is 9.82. The molecule has 1 saturated carbocycles. The van der Waals surface area contributed by atoms with E-state index in [1.165, 1.54) is 32.1 Å². The molecule has 1 heteroatoms. The minimum absolute atomic E-state index is 0.311. The van der Waals surface area contributed by atoms with Crippen LogP contribution in [0.2, 0.25) is 0 Å². The number of hydrogen-bond acceptors (Lipinski definition) is 1. The Morgan fingerprint density at radius 1 is 1.06 bits per heavy atom. The topological polar surface area (TPSA) is 17.1 Å². The third-order valence-corrected chi connectivity index (χ3v) is 3.60. The summed E-state index contributed by atoms with van der Waals surface area (Å²) in [4.78, 5) is 11.9. The molecule has 1 aliphatic rings. The van der Waals surface area contributed by atoms with E-state index in [-0.39, 0.29) is 0 Å². The van der Waals surface area contributed by atoms with E-state index < -0.39 is 0 Å². The van der Waals surface area contributed by atoms with E-state index in [4.69, 9.17) is 0 Å². The van der Waals surface area contributed by atoms with Gasteiger partial charge in [0, 0.05) is 12.0 Å². The van der Waals surface area contributed by atoms with Gasteiger partial charge in [-0.2, -0.15) is 0 Å². The van der Waals surface area contributed by atoms with Crippen LogP contribution in [0.15, 0.2) is 30.3 Å². The molecular formula is C15H20O. The fourth-order valence-electron chi connectivity index (χ4n) is 2.58. The fourth-order valence-corrected chi connectivity index (χ4v) is 2.58. The van der Waals surface area contributed by atoms with Crippen molar-refractivity contribution < 1.29 is 4.79 Å². The van der Waals surface area contributed by atoms with Crippen LogP contribution >= 0.6 is 0 Å². The van der Waals surface area contributed by atoms with Crippen LogP contribution in [0.3, 0.4) is 0 Å². The molecule has 0 amide bonds. The largest absolute Gasteiger partial charge is 0.294 e. The summed E-state index contributed by atoms with van der Waals surface area (Å²) in [6, 6.07) is 9.67. The molecule has 16 heavy (non-hydrogen) atoms. The van der Waals surface area contributed by atoms with Crippen LogP contribution in [-0.2, 0) is 0 Å². The molecule has 0 aromatic heterocycles. The Morgan fingerprint density at radius 2 is 1.75 bits per heavy atom. The summed E-state index contributed by atoms with van der Waals surface area (Å²) in [5.74, 6) is 1.12. The van der Waals surface area contributed by atoms with Crippen molar-refractivity contribution in [2.75, 3.05) is 0 Å². The quantitative estimate of drug-likeness (QED) is 0.688. The number of Topliss-reactive ketones (excluding diaryl/α,β-unsaturated/α-hetero) is 1. The van der Waals surface area contributed by atoms with Gasteiger partial charge >= 0.3 is 0 Å². The van der Waals surface area contributed by atoms with Crippen molar-refractivity contribution in [3.8, 4) is 0 Å². The molecule has 1 aromatic rings. The lowest BCUT2D eigenvalue weighted by molar-refractivity contribution is 0.0970. The first-order valence-corrected chi connectivity index (χ1v) is 6.44. The highest BCUT2D eigenvalue weighted by molar-refractivity contribution is 5.95. The maximum absolute atomic E-state index is 11.9. The third-order valence-electron chi connectivity index (χ3n) is 3.60. The summed E-state index contributed by atoms with van der Waals surface area (Å²) in [6.07, 6.45) is 8.62. The zero-order valence-electron chi connectivity index (χ0n) is 9.82. The molecule has 1 aromatic carbocycles. The standard InChI is InChI=1S/C15H20O/c16-15(14-9-5-2-6-10-14)12-11-13-7-3-1-4-8-13/h2,5-6,9-10,13H,1,3-4,7-8,11-12H2. The Labute approximate surface area is 97.9 Å². The Morgan fingerprint density at radius 3 is 2.44 bits per heavy atom. The monoisotopic (exact) mass is 216 g/mol. The minimum atomic E-state index is 0.311. The van der Waals surface area contributed by atoms with E-state index in [0.717, 1.165) is 24.3 Å². The van der Waals surface area contributed by atoms with E-state index in [1.54, 1.807) is 0 Å². The summed E-state index contributed by atoms with van der Waals surface area (Å²) in [6.45, 7) is 0. The highest BCUT2D eigenvalue weighted by atomic mass is 16.1. The molecule has 0 N–H and O–H groups in total. The van der Waals surface area contributed by atoms with Crippen molar-refractivity contribution >= 4 is 5.78 Å². The number of ketones is 1. The van der Waals surface area contributed by atoms with Gasteiger partial charge < -0.3 is 0 Å². The van der Waals surface area contributed by atoms with Gasteiger partial charge in [0.25, 0.3) is 0 Å². The lowest BCUT2D eigenvalue weighted by atomic mass is 9.85. The van der Waals surface area contributed by atoms with Gasteiger partial charge in [0.1, 0.15) is 0 Å². The number of carbonyl (C=O) groups is 1. The molecule has 0 spiro atoms. The molecule has 0 bridgehead atoms. The molecule has 0 unspecified atom stereocenters. The van der Waals surface area contributed by atoms with Gasteiger partial charge in [-0.05, 0) is 12.3 Å². The van der Waals surface area contributed by atoms with Crippen molar-refractivity contribution in [3.63, 3.8) is 0 Å². The Balaban J connectivity index is 1.79. The average molecular weight is 216 g/mol. The molecular weight excluding hydrogens is 196 g/mol. The maximum Gasteiger partial charge on any atom is 0.162 e. The van der Waals surface area contributed by atoms with Gasteiger partial charge in [-0.1, -0.05) is 62.4 Å². The first-order valence-electron chi connectivity index (χ1n) is 6.44. The van der Waals surface area contributed by atoms with Crippen LogP contribution in [-0.4, -0.2) is 5.78 Å². The van der Waals surface area contributed by atoms with Crippen LogP contribution in [0.1, 0.15) is 55.3 Å². The van der Waals surface area contributed by atoms with Crippen LogP contribution in [0.5, 0.6) is 0 Å². The summed E-state index contributed by atoms with van der Waals surface area (Å²) in [5, 5.41) is 0. The van der Waals surface area contributed by atoms with Crippen LogP contribution in [0.25, 0.3) is 0 Å². The third kappa shape index (κ3) is 3.19. The zero-order chi connectivity index (χ0) is 11.2. The first kappa shape index (κ1) is 11.4. The molecule has 0 atom stereocenters. The summed E-state index contributed by atoms with van der Waals surface area (Å²) < 4.78 is 0. The van der Waals surface area contributed by atoms with Crippen molar-refractivity contribution in [3.05, 3.63) is 35.9 Å². The van der Waals surface area contributed by atoms with Gasteiger partial charge in [-0.15, -0.1) is 0 Å². The highest BCUT2D eigenvalue weighted by Crippen LogP contribution is 2.27. The van der Waals surface area contributed by atoms with Gasteiger partial charge in [0.15, 0.2) is 5.78 Å². The molecule has 1 aliphatic carbocycles. The number of carbonyl (C=O) groups excluding carboxylic acids is 1. The van der Waals surface area contributed by atoms with Crippen molar-refractivity contribution in [1.82, 2.24) is 0 Å². The first-order chi connectivity index (χ1) is 7.86. The number of hydrogen-bond donors (Lipinski definition) is 0. The van der Waals surface area contributed by atoms with E-state index in [0.29, 0.717) is 5.78 Å². The summed E-state index contributed by atoms with van der Waals surface area (Å²) in [5.41, 5.74) is 0.873. The molecule has 1 fully saturated rings. The Kier molecular flexibility index (Phi) is 4.15. The van der Waals surface area contributed by atoms with Crippen molar-refractivity contribution in [2.24, 2.45) is 5.92 Å². The van der Waals surface area contributed by atoms with Gasteiger partial charge in [0.05, 0.1) is 0 Å². The summed E-state index contributed by atoms with van der Waals surface area (Å²) in [7, 11) is 0. The van der Waals surface area contributed by atoms with Crippen LogP contribution in [0.4, 0.5) is 0 Å². The van der Waals surface area contributed by atoms with E-state index in [9.17, 15) is 4.79 Å². The molecule has 0 saturated heterocycles. The summed E-state index contributed by atoms with van der Waals surface area (Å²) >= 11 is 0. The second-order valence-electron chi connectivity index (χ2n) is 4.83. The predicted molar refractivity (Wildman–Crippen MR) is 66.6 cm³/mol. The molecule has 2 rings (SSSR count). The number of benzene rings is 1. The molecule has 0 heterocycles. The Bertz CT molecular complexity index is 323. The minimum Gasteiger partial charge on any atom is -0.294 e. The highest BCUT2D eigenvalue weighted by Gasteiger charge is 2.15. The second kappa shape index (κ2) is 5.83.